The number of aliphatic hydroxyl groups excluding tert-OH is 1. The summed E-state index contributed by atoms with van der Waals surface area (Å²) in [7, 11) is 0. The molecular formula is C13H19NO3. The third-order valence-corrected chi connectivity index (χ3v) is 3.09. The molecule has 2 rings (SSSR count). The number of benzene rings is 1. The van der Waals surface area contributed by atoms with Crippen LogP contribution in [0.25, 0.3) is 0 Å². The fourth-order valence-corrected chi connectivity index (χ4v) is 1.89. The lowest BCUT2D eigenvalue weighted by molar-refractivity contribution is 0.171. The summed E-state index contributed by atoms with van der Waals surface area (Å²) < 4.78 is 10.6. The number of ether oxygens (including phenoxy) is 2. The maximum atomic E-state index is 9.58. The zero-order valence-corrected chi connectivity index (χ0v) is 10.3. The Bertz CT molecular complexity index is 394. The molecule has 0 radical (unpaired) electrons. The molecule has 0 fully saturated rings. The van der Waals surface area contributed by atoms with Gasteiger partial charge < -0.3 is 19.9 Å². The minimum atomic E-state index is -0.434. The Labute approximate surface area is 102 Å². The predicted octanol–water partition coefficient (Wildman–Crippen LogP) is 1.62. The molecule has 17 heavy (non-hydrogen) atoms. The van der Waals surface area contributed by atoms with Gasteiger partial charge in [-0.3, -0.25) is 0 Å². The SMILES string of the molecule is CCCNC(C)(CO)c1ccc2c(c1)OCO2. The summed E-state index contributed by atoms with van der Waals surface area (Å²) in [5.41, 5.74) is 0.578. The molecule has 1 aromatic carbocycles. The van der Waals surface area contributed by atoms with Gasteiger partial charge in [0.2, 0.25) is 6.79 Å². The van der Waals surface area contributed by atoms with Gasteiger partial charge in [0, 0.05) is 0 Å². The second-order valence-electron chi connectivity index (χ2n) is 4.49. The Balaban J connectivity index is 2.24. The average molecular weight is 237 g/mol. The molecule has 2 N–H and O–H groups in total. The van der Waals surface area contributed by atoms with Gasteiger partial charge in [-0.15, -0.1) is 0 Å². The highest BCUT2D eigenvalue weighted by Gasteiger charge is 2.27. The van der Waals surface area contributed by atoms with Gasteiger partial charge in [0.05, 0.1) is 12.1 Å². The van der Waals surface area contributed by atoms with Gasteiger partial charge in [-0.05, 0) is 37.6 Å². The summed E-state index contributed by atoms with van der Waals surface area (Å²) in [6, 6.07) is 5.78. The molecule has 1 aliphatic rings. The van der Waals surface area contributed by atoms with Crippen molar-refractivity contribution in [2.45, 2.75) is 25.8 Å². The molecule has 1 aliphatic heterocycles. The van der Waals surface area contributed by atoms with Gasteiger partial charge in [0.15, 0.2) is 11.5 Å². The molecule has 1 aromatic rings. The summed E-state index contributed by atoms with van der Waals surface area (Å²) in [4.78, 5) is 0. The highest BCUT2D eigenvalue weighted by molar-refractivity contribution is 5.46. The van der Waals surface area contributed by atoms with Crippen LogP contribution in [0.15, 0.2) is 18.2 Å². The Morgan fingerprint density at radius 1 is 1.35 bits per heavy atom. The van der Waals surface area contributed by atoms with Gasteiger partial charge >= 0.3 is 0 Å². The molecule has 4 heteroatoms. The Morgan fingerprint density at radius 2 is 2.12 bits per heavy atom. The van der Waals surface area contributed by atoms with Crippen molar-refractivity contribution in [2.75, 3.05) is 19.9 Å². The van der Waals surface area contributed by atoms with Crippen molar-refractivity contribution in [2.24, 2.45) is 0 Å². The topological polar surface area (TPSA) is 50.7 Å². The van der Waals surface area contributed by atoms with E-state index in [4.69, 9.17) is 9.47 Å². The minimum Gasteiger partial charge on any atom is -0.454 e. The first kappa shape index (κ1) is 12.2. The van der Waals surface area contributed by atoms with Crippen molar-refractivity contribution < 1.29 is 14.6 Å². The van der Waals surface area contributed by atoms with E-state index in [9.17, 15) is 5.11 Å². The van der Waals surface area contributed by atoms with Crippen LogP contribution in [-0.4, -0.2) is 25.1 Å². The molecule has 0 bridgehead atoms. The highest BCUT2D eigenvalue weighted by atomic mass is 16.7. The van der Waals surface area contributed by atoms with Gasteiger partial charge in [-0.2, -0.15) is 0 Å². The van der Waals surface area contributed by atoms with Crippen molar-refractivity contribution in [3.63, 3.8) is 0 Å². The molecule has 0 spiro atoms. The fourth-order valence-electron chi connectivity index (χ4n) is 1.89. The van der Waals surface area contributed by atoms with Crippen LogP contribution in [0.5, 0.6) is 11.5 Å². The van der Waals surface area contributed by atoms with Gasteiger partial charge in [0.1, 0.15) is 0 Å². The van der Waals surface area contributed by atoms with E-state index in [1.807, 2.05) is 25.1 Å². The van der Waals surface area contributed by atoms with Crippen LogP contribution < -0.4 is 14.8 Å². The average Bonchev–Trinajstić information content (AvgIpc) is 2.83. The van der Waals surface area contributed by atoms with E-state index >= 15 is 0 Å². The lowest BCUT2D eigenvalue weighted by Gasteiger charge is -2.29. The predicted molar refractivity (Wildman–Crippen MR) is 65.3 cm³/mol. The second-order valence-corrected chi connectivity index (χ2v) is 4.49. The van der Waals surface area contributed by atoms with E-state index in [-0.39, 0.29) is 13.4 Å². The van der Waals surface area contributed by atoms with Crippen molar-refractivity contribution >= 4 is 0 Å². The molecule has 0 aliphatic carbocycles. The first-order valence-corrected chi connectivity index (χ1v) is 5.95. The number of aliphatic hydroxyl groups is 1. The van der Waals surface area contributed by atoms with Crippen LogP contribution in [0.1, 0.15) is 25.8 Å². The quantitative estimate of drug-likeness (QED) is 0.817. The first-order chi connectivity index (χ1) is 8.19. The third kappa shape index (κ3) is 2.37. The van der Waals surface area contributed by atoms with Crippen molar-refractivity contribution in [3.8, 4) is 11.5 Å². The third-order valence-electron chi connectivity index (χ3n) is 3.09. The molecule has 4 nitrogen and oxygen atoms in total. The standard InChI is InChI=1S/C13H19NO3/c1-3-6-14-13(2,8-15)10-4-5-11-12(7-10)17-9-16-11/h4-5,7,14-15H,3,6,8-9H2,1-2H3. The first-order valence-electron chi connectivity index (χ1n) is 5.95. The maximum Gasteiger partial charge on any atom is 0.231 e. The monoisotopic (exact) mass is 237 g/mol. The summed E-state index contributed by atoms with van der Waals surface area (Å²) in [6.45, 7) is 5.28. The summed E-state index contributed by atoms with van der Waals surface area (Å²) >= 11 is 0. The zero-order valence-electron chi connectivity index (χ0n) is 10.3. The molecular weight excluding hydrogens is 218 g/mol. The summed E-state index contributed by atoms with van der Waals surface area (Å²) in [6.07, 6.45) is 1.03. The molecule has 0 aromatic heterocycles. The minimum absolute atomic E-state index is 0.0483. The second kappa shape index (κ2) is 4.94. The van der Waals surface area contributed by atoms with E-state index < -0.39 is 5.54 Å². The van der Waals surface area contributed by atoms with Crippen LogP contribution in [-0.2, 0) is 5.54 Å². The van der Waals surface area contributed by atoms with Crippen LogP contribution in [0.2, 0.25) is 0 Å². The largest absolute Gasteiger partial charge is 0.454 e. The van der Waals surface area contributed by atoms with E-state index in [0.717, 1.165) is 30.0 Å². The number of rotatable bonds is 5. The Hall–Kier alpha value is -1.26. The zero-order chi connectivity index (χ0) is 12.3. The summed E-state index contributed by atoms with van der Waals surface area (Å²) in [5.74, 6) is 1.52. The molecule has 0 amide bonds. The number of nitrogens with one attached hydrogen (secondary N) is 1. The molecule has 94 valence electrons. The van der Waals surface area contributed by atoms with E-state index in [2.05, 4.69) is 12.2 Å². The van der Waals surface area contributed by atoms with E-state index in [1.54, 1.807) is 0 Å². The van der Waals surface area contributed by atoms with Crippen LogP contribution in [0.3, 0.4) is 0 Å². The van der Waals surface area contributed by atoms with Crippen molar-refractivity contribution in [1.29, 1.82) is 0 Å². The Kier molecular flexibility index (Phi) is 3.54. The lowest BCUT2D eigenvalue weighted by Crippen LogP contribution is -2.43. The number of fused-ring (bicyclic) bond motifs is 1. The van der Waals surface area contributed by atoms with Gasteiger partial charge in [-0.1, -0.05) is 13.0 Å². The van der Waals surface area contributed by atoms with Gasteiger partial charge in [-0.25, -0.2) is 0 Å². The normalized spacial score (nSPS) is 16.9. The maximum absolute atomic E-state index is 9.58. The lowest BCUT2D eigenvalue weighted by atomic mass is 9.92. The number of hydrogen-bond donors (Lipinski definition) is 2. The van der Waals surface area contributed by atoms with Gasteiger partial charge in [0.25, 0.3) is 0 Å². The smallest absolute Gasteiger partial charge is 0.231 e. The molecule has 0 saturated heterocycles. The van der Waals surface area contributed by atoms with Crippen LogP contribution in [0, 0.1) is 0 Å². The van der Waals surface area contributed by atoms with E-state index in [1.165, 1.54) is 0 Å². The molecule has 1 heterocycles. The summed E-state index contributed by atoms with van der Waals surface area (Å²) in [5, 5.41) is 12.9. The Morgan fingerprint density at radius 3 is 2.82 bits per heavy atom. The van der Waals surface area contributed by atoms with Crippen molar-refractivity contribution in [3.05, 3.63) is 23.8 Å². The molecule has 1 atom stereocenters. The molecule has 1 unspecified atom stereocenters. The van der Waals surface area contributed by atoms with E-state index in [0.29, 0.717) is 0 Å². The highest BCUT2D eigenvalue weighted by Crippen LogP contribution is 2.35. The van der Waals surface area contributed by atoms with Crippen LogP contribution >= 0.6 is 0 Å². The van der Waals surface area contributed by atoms with Crippen LogP contribution in [0.4, 0.5) is 0 Å². The fraction of sp³-hybridized carbons (Fsp3) is 0.538. The number of hydrogen-bond acceptors (Lipinski definition) is 4. The van der Waals surface area contributed by atoms with Crippen molar-refractivity contribution in [1.82, 2.24) is 5.32 Å². The molecule has 0 saturated carbocycles.